The van der Waals surface area contributed by atoms with Crippen molar-refractivity contribution in [3.05, 3.63) is 24.3 Å². The van der Waals surface area contributed by atoms with Crippen LogP contribution in [0.3, 0.4) is 0 Å². The number of hydrogen-bond donors (Lipinski definition) is 2. The normalized spacial score (nSPS) is 12.8. The number of hydrogen-bond acceptors (Lipinski definition) is 5. The summed E-state index contributed by atoms with van der Waals surface area (Å²) < 4.78 is 0. The number of aromatic amines is 1. The van der Waals surface area contributed by atoms with Crippen LogP contribution in [0, 0.1) is 5.92 Å². The fourth-order valence-corrected chi connectivity index (χ4v) is 3.52. The number of rotatable bonds is 8. The Morgan fingerprint density at radius 1 is 1.19 bits per heavy atom. The molecule has 3 rings (SSSR count). The van der Waals surface area contributed by atoms with Crippen molar-refractivity contribution in [1.82, 2.24) is 25.5 Å². The summed E-state index contributed by atoms with van der Waals surface area (Å²) in [6.07, 6.45) is 3.34. The molecule has 2 N–H and O–H groups in total. The van der Waals surface area contributed by atoms with Crippen LogP contribution in [0.25, 0.3) is 22.1 Å². The van der Waals surface area contributed by atoms with E-state index in [1.165, 1.54) is 18.2 Å². The van der Waals surface area contributed by atoms with Crippen LogP contribution in [-0.4, -0.2) is 37.9 Å². The molecule has 0 fully saturated rings. The van der Waals surface area contributed by atoms with Crippen molar-refractivity contribution in [3.63, 3.8) is 0 Å². The maximum atomic E-state index is 12.1. The Balaban J connectivity index is 1.54. The first-order valence-corrected chi connectivity index (χ1v) is 10.0. The van der Waals surface area contributed by atoms with E-state index < -0.39 is 0 Å². The highest BCUT2D eigenvalue weighted by Crippen LogP contribution is 2.23. The predicted octanol–water partition coefficient (Wildman–Crippen LogP) is 3.93. The number of amides is 1. The van der Waals surface area contributed by atoms with Crippen molar-refractivity contribution in [2.45, 2.75) is 51.2 Å². The van der Waals surface area contributed by atoms with Crippen LogP contribution in [0.15, 0.2) is 29.4 Å². The Morgan fingerprint density at radius 2 is 2.00 bits per heavy atom. The molecular weight excluding hydrogens is 346 g/mol. The Hall–Kier alpha value is -2.15. The lowest BCUT2D eigenvalue weighted by Crippen LogP contribution is -2.33. The minimum atomic E-state index is 0.00684. The van der Waals surface area contributed by atoms with Crippen molar-refractivity contribution in [2.75, 3.05) is 5.75 Å². The van der Waals surface area contributed by atoms with Crippen LogP contribution in [-0.2, 0) is 4.79 Å². The Morgan fingerprint density at radius 3 is 2.81 bits per heavy atom. The third-order valence-electron chi connectivity index (χ3n) is 4.26. The van der Waals surface area contributed by atoms with Crippen molar-refractivity contribution >= 4 is 39.7 Å². The number of para-hydroxylation sites is 1. The predicted molar refractivity (Wildman–Crippen MR) is 106 cm³/mol. The van der Waals surface area contributed by atoms with Gasteiger partial charge >= 0.3 is 0 Å². The van der Waals surface area contributed by atoms with E-state index in [9.17, 15) is 4.79 Å². The number of H-pyrrole nitrogens is 1. The Bertz CT molecular complexity index is 892. The number of carbonyl (C=O) groups is 1. The van der Waals surface area contributed by atoms with E-state index in [-0.39, 0.29) is 11.9 Å². The van der Waals surface area contributed by atoms with E-state index in [2.05, 4.69) is 46.3 Å². The van der Waals surface area contributed by atoms with Crippen LogP contribution in [0.5, 0.6) is 0 Å². The molecule has 1 atom stereocenters. The smallest absolute Gasteiger partial charge is 0.230 e. The maximum absolute atomic E-state index is 12.1. The average molecular weight is 372 g/mol. The van der Waals surface area contributed by atoms with Crippen LogP contribution in [0.1, 0.15) is 40.0 Å². The molecular formula is C19H25N5OS. The number of aromatic nitrogens is 4. The van der Waals surface area contributed by atoms with E-state index in [4.69, 9.17) is 0 Å². The number of nitrogens with one attached hydrogen (secondary N) is 2. The molecule has 0 saturated heterocycles. The summed E-state index contributed by atoms with van der Waals surface area (Å²) in [6.45, 7) is 6.49. The molecule has 0 radical (unpaired) electrons. The first-order valence-electron chi connectivity index (χ1n) is 9.06. The van der Waals surface area contributed by atoms with Gasteiger partial charge in [-0.1, -0.05) is 56.7 Å². The van der Waals surface area contributed by atoms with Crippen molar-refractivity contribution in [2.24, 2.45) is 5.92 Å². The van der Waals surface area contributed by atoms with Crippen LogP contribution in [0.4, 0.5) is 0 Å². The topological polar surface area (TPSA) is 83.6 Å². The molecule has 0 aliphatic heterocycles. The summed E-state index contributed by atoms with van der Waals surface area (Å²) >= 11 is 1.31. The van der Waals surface area contributed by atoms with E-state index >= 15 is 0 Å². The molecule has 2 heterocycles. The number of benzene rings is 1. The zero-order valence-electron chi connectivity index (χ0n) is 15.5. The molecule has 0 unspecified atom stereocenters. The van der Waals surface area contributed by atoms with Crippen molar-refractivity contribution < 1.29 is 4.79 Å². The van der Waals surface area contributed by atoms with Crippen molar-refractivity contribution in [1.29, 1.82) is 0 Å². The lowest BCUT2D eigenvalue weighted by Gasteiger charge is -2.14. The quantitative estimate of drug-likeness (QED) is 0.586. The van der Waals surface area contributed by atoms with Crippen molar-refractivity contribution in [3.8, 4) is 0 Å². The van der Waals surface area contributed by atoms with Gasteiger partial charge in [-0.2, -0.15) is 0 Å². The third-order valence-corrected chi connectivity index (χ3v) is 5.10. The second-order valence-corrected chi connectivity index (χ2v) is 7.99. The SMILES string of the molecule is CC(C)CCC[C@@H](C)NC(=O)CSc1nnc2c(n1)[nH]c1ccccc12. The highest BCUT2D eigenvalue weighted by atomic mass is 32.2. The maximum Gasteiger partial charge on any atom is 0.230 e. The van der Waals surface area contributed by atoms with E-state index in [1.807, 2.05) is 24.3 Å². The standard InChI is InChI=1S/C19H25N5OS/c1-12(2)7-6-8-13(3)20-16(25)11-26-19-22-18-17(23-24-19)14-9-4-5-10-15(14)21-18/h4-5,9-10,12-13H,6-8,11H2,1-3H3,(H,20,25)(H,21,22,24)/t13-/m1/s1. The zero-order valence-corrected chi connectivity index (χ0v) is 16.3. The van der Waals surface area contributed by atoms with Gasteiger partial charge in [-0.25, -0.2) is 4.98 Å². The zero-order chi connectivity index (χ0) is 18.5. The molecule has 0 saturated carbocycles. The van der Waals surface area contributed by atoms with Gasteiger partial charge in [0.2, 0.25) is 11.1 Å². The molecule has 1 aromatic carbocycles. The average Bonchev–Trinajstić information content (AvgIpc) is 2.97. The van der Waals surface area contributed by atoms with Gasteiger partial charge in [0.25, 0.3) is 0 Å². The summed E-state index contributed by atoms with van der Waals surface area (Å²) in [5.74, 6) is 1.01. The van der Waals surface area contributed by atoms with E-state index in [0.29, 0.717) is 22.5 Å². The first kappa shape index (κ1) is 18.6. The molecule has 2 aromatic heterocycles. The van der Waals surface area contributed by atoms with Gasteiger partial charge in [0, 0.05) is 16.9 Å². The van der Waals surface area contributed by atoms with E-state index in [1.54, 1.807) is 0 Å². The monoisotopic (exact) mass is 371 g/mol. The third kappa shape index (κ3) is 4.72. The van der Waals surface area contributed by atoms with Crippen LogP contribution < -0.4 is 5.32 Å². The highest BCUT2D eigenvalue weighted by molar-refractivity contribution is 7.99. The fourth-order valence-electron chi connectivity index (χ4n) is 2.92. The molecule has 0 bridgehead atoms. The lowest BCUT2D eigenvalue weighted by atomic mass is 10.0. The molecule has 3 aromatic rings. The largest absolute Gasteiger partial charge is 0.353 e. The molecule has 0 aliphatic rings. The Kier molecular flexibility index (Phi) is 6.08. The highest BCUT2D eigenvalue weighted by Gasteiger charge is 2.12. The van der Waals surface area contributed by atoms with Gasteiger partial charge in [-0.05, 0) is 25.3 Å². The van der Waals surface area contributed by atoms with E-state index in [0.717, 1.165) is 29.3 Å². The first-order chi connectivity index (χ1) is 12.5. The lowest BCUT2D eigenvalue weighted by molar-refractivity contribution is -0.119. The molecule has 0 aliphatic carbocycles. The van der Waals surface area contributed by atoms with Gasteiger partial charge in [-0.15, -0.1) is 10.2 Å². The minimum absolute atomic E-state index is 0.00684. The number of thioether (sulfide) groups is 1. The number of nitrogens with zero attached hydrogens (tertiary/aromatic N) is 3. The molecule has 7 heteroatoms. The summed E-state index contributed by atoms with van der Waals surface area (Å²) in [6, 6.07) is 8.10. The molecule has 0 spiro atoms. The van der Waals surface area contributed by atoms with Gasteiger partial charge < -0.3 is 10.3 Å². The minimum Gasteiger partial charge on any atom is -0.353 e. The van der Waals surface area contributed by atoms with Gasteiger partial charge in [0.05, 0.1) is 5.75 Å². The van der Waals surface area contributed by atoms with Gasteiger partial charge in [0.1, 0.15) is 5.52 Å². The molecule has 1 amide bonds. The van der Waals surface area contributed by atoms with Gasteiger partial charge in [0.15, 0.2) is 5.65 Å². The summed E-state index contributed by atoms with van der Waals surface area (Å²) in [7, 11) is 0. The summed E-state index contributed by atoms with van der Waals surface area (Å²) in [5, 5.41) is 13.0. The number of fused-ring (bicyclic) bond motifs is 3. The van der Waals surface area contributed by atoms with Crippen LogP contribution in [0.2, 0.25) is 0 Å². The molecule has 138 valence electrons. The van der Waals surface area contributed by atoms with Crippen LogP contribution >= 0.6 is 11.8 Å². The Labute approximate surface area is 157 Å². The molecule has 6 nitrogen and oxygen atoms in total. The number of carbonyl (C=O) groups excluding carboxylic acids is 1. The summed E-state index contributed by atoms with van der Waals surface area (Å²) in [5.41, 5.74) is 2.44. The second-order valence-electron chi connectivity index (χ2n) is 7.04. The fraction of sp³-hybridized carbons (Fsp3) is 0.474. The summed E-state index contributed by atoms with van der Waals surface area (Å²) in [4.78, 5) is 19.8. The van der Waals surface area contributed by atoms with Gasteiger partial charge in [-0.3, -0.25) is 4.79 Å². The second kappa shape index (κ2) is 8.49. The molecule has 26 heavy (non-hydrogen) atoms.